The summed E-state index contributed by atoms with van der Waals surface area (Å²) in [5, 5.41) is 12.8. The molecule has 2 unspecified atom stereocenters. The van der Waals surface area contributed by atoms with E-state index >= 15 is 0 Å². The zero-order valence-electron chi connectivity index (χ0n) is 12.8. The molecule has 0 aliphatic heterocycles. The van der Waals surface area contributed by atoms with Crippen LogP contribution in [0.25, 0.3) is 0 Å². The van der Waals surface area contributed by atoms with E-state index in [-0.39, 0.29) is 6.10 Å². The molecule has 4 heteroatoms. The van der Waals surface area contributed by atoms with Crippen LogP contribution in [-0.4, -0.2) is 30.9 Å². The van der Waals surface area contributed by atoms with E-state index in [0.717, 1.165) is 25.0 Å². The van der Waals surface area contributed by atoms with Crippen LogP contribution >= 0.6 is 0 Å². The molecule has 0 spiro atoms. The molecule has 1 aromatic carbocycles. The van der Waals surface area contributed by atoms with Crippen LogP contribution in [0.4, 0.5) is 0 Å². The van der Waals surface area contributed by atoms with Gasteiger partial charge in [0, 0.05) is 12.5 Å². The second kappa shape index (κ2) is 7.44. The highest BCUT2D eigenvalue weighted by atomic mass is 16.5. The average molecular weight is 288 g/mol. The van der Waals surface area contributed by atoms with Gasteiger partial charge in [0.05, 0.1) is 18.8 Å². The van der Waals surface area contributed by atoms with Crippen LogP contribution < -0.4 is 10.1 Å². The van der Waals surface area contributed by atoms with Crippen LogP contribution in [0.5, 0.6) is 5.75 Å². The minimum atomic E-state index is -0.418. The lowest BCUT2D eigenvalue weighted by atomic mass is 9.98. The van der Waals surface area contributed by atoms with Gasteiger partial charge in [-0.2, -0.15) is 5.26 Å². The monoisotopic (exact) mass is 288 g/mol. The van der Waals surface area contributed by atoms with Crippen molar-refractivity contribution >= 4 is 0 Å². The van der Waals surface area contributed by atoms with Crippen molar-refractivity contribution in [2.24, 2.45) is 0 Å². The first-order valence-electron chi connectivity index (χ1n) is 7.62. The maximum Gasteiger partial charge on any atom is 0.119 e. The number of nitrogens with zero attached hydrogens (tertiary/aromatic N) is 1. The van der Waals surface area contributed by atoms with Crippen molar-refractivity contribution in [3.63, 3.8) is 0 Å². The lowest BCUT2D eigenvalue weighted by Gasteiger charge is -2.25. The minimum Gasteiger partial charge on any atom is -0.491 e. The molecule has 1 N–H and O–H groups in total. The predicted octanol–water partition coefficient (Wildman–Crippen LogP) is 2.89. The lowest BCUT2D eigenvalue weighted by molar-refractivity contribution is 0.0349. The first-order valence-corrected chi connectivity index (χ1v) is 7.62. The van der Waals surface area contributed by atoms with E-state index in [1.807, 2.05) is 30.3 Å². The van der Waals surface area contributed by atoms with E-state index in [1.165, 1.54) is 0 Å². The number of hydrogen-bond donors (Lipinski definition) is 1. The zero-order chi connectivity index (χ0) is 15.1. The molecule has 114 valence electrons. The number of para-hydroxylation sites is 1. The number of ether oxygens (including phenoxy) is 2. The Hall–Kier alpha value is -1.57. The smallest absolute Gasteiger partial charge is 0.119 e. The zero-order valence-corrected chi connectivity index (χ0v) is 12.8. The van der Waals surface area contributed by atoms with Crippen molar-refractivity contribution in [3.8, 4) is 11.8 Å². The molecule has 0 heterocycles. The van der Waals surface area contributed by atoms with Crippen LogP contribution in [0.15, 0.2) is 30.3 Å². The normalized spacial score (nSPS) is 25.0. The number of rotatable bonds is 7. The second-order valence-electron chi connectivity index (χ2n) is 5.89. The molecule has 1 aliphatic rings. The second-order valence-corrected chi connectivity index (χ2v) is 5.89. The SMILES string of the molecule is CC(C)NC1(C#N)CCC(OCCOc2ccccc2)C1. The minimum absolute atomic E-state index is 0.148. The van der Waals surface area contributed by atoms with Gasteiger partial charge in [0.15, 0.2) is 0 Å². The Bertz CT molecular complexity index is 469. The Morgan fingerprint density at radius 2 is 2.10 bits per heavy atom. The quantitative estimate of drug-likeness (QED) is 0.784. The number of hydrogen-bond acceptors (Lipinski definition) is 4. The third-order valence-corrected chi connectivity index (χ3v) is 3.70. The Labute approximate surface area is 127 Å². The van der Waals surface area contributed by atoms with Crippen molar-refractivity contribution in [1.82, 2.24) is 5.32 Å². The van der Waals surface area contributed by atoms with Crippen molar-refractivity contribution < 1.29 is 9.47 Å². The highest BCUT2D eigenvalue weighted by molar-refractivity contribution is 5.20. The predicted molar refractivity (Wildman–Crippen MR) is 82.1 cm³/mol. The Morgan fingerprint density at radius 1 is 1.33 bits per heavy atom. The number of benzene rings is 1. The van der Waals surface area contributed by atoms with E-state index in [0.29, 0.717) is 19.3 Å². The molecule has 1 aromatic rings. The van der Waals surface area contributed by atoms with Gasteiger partial charge in [0.1, 0.15) is 17.9 Å². The maximum atomic E-state index is 9.41. The van der Waals surface area contributed by atoms with Crippen molar-refractivity contribution in [3.05, 3.63) is 30.3 Å². The summed E-state index contributed by atoms with van der Waals surface area (Å²) in [5.41, 5.74) is -0.418. The molecule has 21 heavy (non-hydrogen) atoms. The Balaban J connectivity index is 1.70. The molecule has 0 saturated heterocycles. The van der Waals surface area contributed by atoms with Gasteiger partial charge in [-0.25, -0.2) is 0 Å². The van der Waals surface area contributed by atoms with Crippen molar-refractivity contribution in [2.75, 3.05) is 13.2 Å². The van der Waals surface area contributed by atoms with Gasteiger partial charge in [-0.1, -0.05) is 18.2 Å². The fourth-order valence-corrected chi connectivity index (χ4v) is 2.85. The van der Waals surface area contributed by atoms with E-state index in [1.54, 1.807) is 0 Å². The summed E-state index contributed by atoms with van der Waals surface area (Å²) in [5.74, 6) is 0.861. The van der Waals surface area contributed by atoms with Crippen molar-refractivity contribution in [1.29, 1.82) is 5.26 Å². The summed E-state index contributed by atoms with van der Waals surface area (Å²) in [6, 6.07) is 12.5. The number of nitrogens with one attached hydrogen (secondary N) is 1. The molecule has 0 aromatic heterocycles. The van der Waals surface area contributed by atoms with E-state index < -0.39 is 5.54 Å². The average Bonchev–Trinajstić information content (AvgIpc) is 2.88. The highest BCUT2D eigenvalue weighted by Gasteiger charge is 2.40. The van der Waals surface area contributed by atoms with Crippen LogP contribution in [0.2, 0.25) is 0 Å². The molecular weight excluding hydrogens is 264 g/mol. The molecule has 2 atom stereocenters. The molecule has 1 saturated carbocycles. The summed E-state index contributed by atoms with van der Waals surface area (Å²) in [6.07, 6.45) is 2.69. The van der Waals surface area contributed by atoms with Crippen molar-refractivity contribution in [2.45, 2.75) is 50.8 Å². The van der Waals surface area contributed by atoms with Crippen LogP contribution in [-0.2, 0) is 4.74 Å². The standard InChI is InChI=1S/C17H24N2O2/c1-14(2)19-17(13-18)9-8-16(12-17)21-11-10-20-15-6-4-3-5-7-15/h3-7,14,16,19H,8-12H2,1-2H3. The largest absolute Gasteiger partial charge is 0.491 e. The van der Waals surface area contributed by atoms with Crippen LogP contribution in [0.1, 0.15) is 33.1 Å². The molecule has 4 nitrogen and oxygen atoms in total. The molecular formula is C17H24N2O2. The molecule has 0 radical (unpaired) electrons. The Morgan fingerprint density at radius 3 is 2.76 bits per heavy atom. The lowest BCUT2D eigenvalue weighted by Crippen LogP contribution is -2.45. The summed E-state index contributed by atoms with van der Waals surface area (Å²) < 4.78 is 11.5. The summed E-state index contributed by atoms with van der Waals surface area (Å²) >= 11 is 0. The van der Waals surface area contributed by atoms with Crippen LogP contribution in [0.3, 0.4) is 0 Å². The summed E-state index contributed by atoms with van der Waals surface area (Å²) in [6.45, 7) is 5.24. The maximum absolute atomic E-state index is 9.41. The van der Waals surface area contributed by atoms with Gasteiger partial charge in [0.2, 0.25) is 0 Å². The van der Waals surface area contributed by atoms with Gasteiger partial charge in [-0.05, 0) is 38.8 Å². The summed E-state index contributed by atoms with van der Waals surface area (Å²) in [7, 11) is 0. The topological polar surface area (TPSA) is 54.3 Å². The van der Waals surface area contributed by atoms with E-state index in [2.05, 4.69) is 25.2 Å². The fourth-order valence-electron chi connectivity index (χ4n) is 2.85. The Kier molecular flexibility index (Phi) is 5.60. The molecule has 0 amide bonds. The van der Waals surface area contributed by atoms with Gasteiger partial charge in [0.25, 0.3) is 0 Å². The van der Waals surface area contributed by atoms with E-state index in [4.69, 9.17) is 9.47 Å². The third-order valence-electron chi connectivity index (χ3n) is 3.70. The van der Waals surface area contributed by atoms with E-state index in [9.17, 15) is 5.26 Å². The first kappa shape index (κ1) is 15.8. The third kappa shape index (κ3) is 4.73. The van der Waals surface area contributed by atoms with Gasteiger partial charge in [-0.15, -0.1) is 0 Å². The summed E-state index contributed by atoms with van der Waals surface area (Å²) in [4.78, 5) is 0. The molecule has 0 bridgehead atoms. The van der Waals surface area contributed by atoms with Crippen LogP contribution in [0, 0.1) is 11.3 Å². The molecule has 1 aliphatic carbocycles. The molecule has 2 rings (SSSR count). The fraction of sp³-hybridized carbons (Fsp3) is 0.588. The van der Waals surface area contributed by atoms with Gasteiger partial charge in [-0.3, -0.25) is 5.32 Å². The van der Waals surface area contributed by atoms with Gasteiger partial charge < -0.3 is 9.47 Å². The first-order chi connectivity index (χ1) is 10.1. The van der Waals surface area contributed by atoms with Gasteiger partial charge >= 0.3 is 0 Å². The molecule has 1 fully saturated rings. The number of nitriles is 1. The highest BCUT2D eigenvalue weighted by Crippen LogP contribution is 2.31.